The zero-order chi connectivity index (χ0) is 13.8. The first-order valence-corrected chi connectivity index (χ1v) is 7.93. The van der Waals surface area contributed by atoms with Crippen LogP contribution in [0.25, 0.3) is 0 Å². The molecule has 2 aliphatic rings. The number of nitrogens with one attached hydrogen (secondary N) is 2. The molecule has 0 atom stereocenters. The molecule has 1 aliphatic carbocycles. The van der Waals surface area contributed by atoms with E-state index < -0.39 is 0 Å². The maximum atomic E-state index is 12.2. The molecule has 0 saturated heterocycles. The van der Waals surface area contributed by atoms with Gasteiger partial charge in [-0.15, -0.1) is 12.4 Å². The molecule has 3 rings (SSSR count). The van der Waals surface area contributed by atoms with Crippen molar-refractivity contribution < 1.29 is 4.79 Å². The van der Waals surface area contributed by atoms with Gasteiger partial charge >= 0.3 is 0 Å². The van der Waals surface area contributed by atoms with Gasteiger partial charge in [0.05, 0.1) is 0 Å². The minimum atomic E-state index is 0. The first kappa shape index (κ1) is 16.3. The topological polar surface area (TPSA) is 41.1 Å². The molecule has 0 radical (unpaired) electrons. The molecule has 4 heteroatoms. The summed E-state index contributed by atoms with van der Waals surface area (Å²) in [6.07, 6.45) is 7.97. The number of hydrogen-bond acceptors (Lipinski definition) is 2. The van der Waals surface area contributed by atoms with Crippen LogP contribution in [0.5, 0.6) is 0 Å². The van der Waals surface area contributed by atoms with Crippen molar-refractivity contribution in [1.29, 1.82) is 0 Å². The molecule has 3 nitrogen and oxygen atoms in total. The molecule has 1 heterocycles. The molecule has 21 heavy (non-hydrogen) atoms. The number of halogens is 1. The molecule has 1 saturated carbocycles. The standard InChI is InChI=1S/C17H24N2O.ClH/c20-17(19-9-8-13-4-2-1-3-5-13)14-6-7-15-11-18-12-16(15)10-14;/h6-7,10,13,18H,1-5,8-9,11-12H2,(H,19,20);1H. The van der Waals surface area contributed by atoms with Gasteiger partial charge in [0.2, 0.25) is 0 Å². The number of amides is 1. The van der Waals surface area contributed by atoms with E-state index in [4.69, 9.17) is 0 Å². The number of carbonyl (C=O) groups excluding carboxylic acids is 1. The van der Waals surface area contributed by atoms with E-state index in [-0.39, 0.29) is 18.3 Å². The van der Waals surface area contributed by atoms with Crippen molar-refractivity contribution in [3.05, 3.63) is 34.9 Å². The zero-order valence-electron chi connectivity index (χ0n) is 12.5. The number of carbonyl (C=O) groups is 1. The molecule has 1 amide bonds. The highest BCUT2D eigenvalue weighted by atomic mass is 35.5. The second-order valence-electron chi connectivity index (χ2n) is 6.14. The third kappa shape index (κ3) is 4.21. The predicted octanol–water partition coefficient (Wildman–Crippen LogP) is 3.41. The molecule has 0 spiro atoms. The van der Waals surface area contributed by atoms with Crippen LogP contribution in [0.15, 0.2) is 18.2 Å². The van der Waals surface area contributed by atoms with Crippen LogP contribution in [-0.2, 0) is 13.1 Å². The van der Waals surface area contributed by atoms with E-state index in [1.807, 2.05) is 12.1 Å². The fourth-order valence-electron chi connectivity index (χ4n) is 3.40. The summed E-state index contributed by atoms with van der Waals surface area (Å²) in [5, 5.41) is 6.39. The average molecular weight is 309 g/mol. The van der Waals surface area contributed by atoms with Crippen molar-refractivity contribution >= 4 is 18.3 Å². The number of rotatable bonds is 4. The predicted molar refractivity (Wildman–Crippen MR) is 87.8 cm³/mol. The first-order valence-electron chi connectivity index (χ1n) is 7.93. The molecular formula is C17H25ClN2O. The van der Waals surface area contributed by atoms with E-state index in [9.17, 15) is 4.79 Å². The fraction of sp³-hybridized carbons (Fsp3) is 0.588. The van der Waals surface area contributed by atoms with Crippen LogP contribution in [0.3, 0.4) is 0 Å². The maximum Gasteiger partial charge on any atom is 0.251 e. The van der Waals surface area contributed by atoms with Gasteiger partial charge in [0.1, 0.15) is 0 Å². The molecule has 1 aromatic rings. The summed E-state index contributed by atoms with van der Waals surface area (Å²) < 4.78 is 0. The van der Waals surface area contributed by atoms with Crippen molar-refractivity contribution in [3.8, 4) is 0 Å². The SMILES string of the molecule is Cl.O=C(NCCC1CCCCC1)c1ccc2c(c1)CNC2. The first-order chi connectivity index (χ1) is 9.83. The molecule has 116 valence electrons. The molecular weight excluding hydrogens is 284 g/mol. The zero-order valence-corrected chi connectivity index (χ0v) is 13.3. The highest BCUT2D eigenvalue weighted by Gasteiger charge is 2.15. The van der Waals surface area contributed by atoms with E-state index in [1.165, 1.54) is 43.2 Å². The number of hydrogen-bond donors (Lipinski definition) is 2. The highest BCUT2D eigenvalue weighted by molar-refractivity contribution is 5.94. The van der Waals surface area contributed by atoms with E-state index >= 15 is 0 Å². The van der Waals surface area contributed by atoms with Gasteiger partial charge in [-0.05, 0) is 35.6 Å². The van der Waals surface area contributed by atoms with Crippen molar-refractivity contribution in [2.45, 2.75) is 51.6 Å². The van der Waals surface area contributed by atoms with Crippen molar-refractivity contribution in [2.24, 2.45) is 5.92 Å². The monoisotopic (exact) mass is 308 g/mol. The summed E-state index contributed by atoms with van der Waals surface area (Å²) in [5.74, 6) is 0.906. The summed E-state index contributed by atoms with van der Waals surface area (Å²) >= 11 is 0. The van der Waals surface area contributed by atoms with Gasteiger partial charge in [0.25, 0.3) is 5.91 Å². The Kier molecular flexibility index (Phi) is 6.07. The normalized spacial score (nSPS) is 17.9. The van der Waals surface area contributed by atoms with Crippen molar-refractivity contribution in [3.63, 3.8) is 0 Å². The molecule has 0 aromatic heterocycles. The summed E-state index contributed by atoms with van der Waals surface area (Å²) in [7, 11) is 0. The van der Waals surface area contributed by atoms with Gasteiger partial charge < -0.3 is 10.6 Å². The van der Waals surface area contributed by atoms with Gasteiger partial charge in [-0.3, -0.25) is 4.79 Å². The second-order valence-corrected chi connectivity index (χ2v) is 6.14. The van der Waals surface area contributed by atoms with E-state index in [2.05, 4.69) is 16.7 Å². The lowest BCUT2D eigenvalue weighted by Gasteiger charge is -2.21. The average Bonchev–Trinajstić information content (AvgIpc) is 2.95. The van der Waals surface area contributed by atoms with Crippen molar-refractivity contribution in [2.75, 3.05) is 6.54 Å². The minimum Gasteiger partial charge on any atom is -0.352 e. The van der Waals surface area contributed by atoms with Crippen LogP contribution in [-0.4, -0.2) is 12.5 Å². The van der Waals surface area contributed by atoms with Crippen molar-refractivity contribution in [1.82, 2.24) is 10.6 Å². The lowest BCUT2D eigenvalue weighted by Crippen LogP contribution is -2.26. The molecule has 1 aromatic carbocycles. The highest BCUT2D eigenvalue weighted by Crippen LogP contribution is 2.25. The third-order valence-electron chi connectivity index (χ3n) is 4.66. The Morgan fingerprint density at radius 2 is 1.90 bits per heavy atom. The summed E-state index contributed by atoms with van der Waals surface area (Å²) in [5.41, 5.74) is 3.39. The molecule has 0 unspecified atom stereocenters. The molecule has 2 N–H and O–H groups in total. The van der Waals surface area contributed by atoms with Crippen LogP contribution in [0.4, 0.5) is 0 Å². The minimum absolute atomic E-state index is 0. The summed E-state index contributed by atoms with van der Waals surface area (Å²) in [6.45, 7) is 2.64. The Morgan fingerprint density at radius 3 is 2.71 bits per heavy atom. The quantitative estimate of drug-likeness (QED) is 0.895. The number of fused-ring (bicyclic) bond motifs is 1. The summed E-state index contributed by atoms with van der Waals surface area (Å²) in [4.78, 5) is 12.2. The van der Waals surface area contributed by atoms with Crippen LogP contribution in [0.2, 0.25) is 0 Å². The van der Waals surface area contributed by atoms with Gasteiger partial charge in [0, 0.05) is 25.2 Å². The molecule has 0 bridgehead atoms. The van der Waals surface area contributed by atoms with Crippen LogP contribution in [0, 0.1) is 5.92 Å². The van der Waals surface area contributed by atoms with Gasteiger partial charge in [-0.25, -0.2) is 0 Å². The number of benzene rings is 1. The largest absolute Gasteiger partial charge is 0.352 e. The Hall–Kier alpha value is -1.06. The smallest absolute Gasteiger partial charge is 0.251 e. The maximum absolute atomic E-state index is 12.2. The Bertz CT molecular complexity index is 484. The Morgan fingerprint density at radius 1 is 1.14 bits per heavy atom. The fourth-order valence-corrected chi connectivity index (χ4v) is 3.40. The van der Waals surface area contributed by atoms with Crippen LogP contribution < -0.4 is 10.6 Å². The lowest BCUT2D eigenvalue weighted by atomic mass is 9.87. The molecule has 1 aliphatic heterocycles. The van der Waals surface area contributed by atoms with E-state index in [0.717, 1.165) is 37.5 Å². The van der Waals surface area contributed by atoms with Gasteiger partial charge in [-0.2, -0.15) is 0 Å². The lowest BCUT2D eigenvalue weighted by molar-refractivity contribution is 0.0950. The molecule has 1 fully saturated rings. The van der Waals surface area contributed by atoms with Crippen LogP contribution >= 0.6 is 12.4 Å². The third-order valence-corrected chi connectivity index (χ3v) is 4.66. The van der Waals surface area contributed by atoms with Gasteiger partial charge in [-0.1, -0.05) is 38.2 Å². The summed E-state index contributed by atoms with van der Waals surface area (Å²) in [6, 6.07) is 6.05. The van der Waals surface area contributed by atoms with E-state index in [1.54, 1.807) is 0 Å². The van der Waals surface area contributed by atoms with Crippen LogP contribution in [0.1, 0.15) is 60.0 Å². The Balaban J connectivity index is 0.00000161. The Labute approximate surface area is 133 Å². The van der Waals surface area contributed by atoms with E-state index in [0.29, 0.717) is 0 Å². The van der Waals surface area contributed by atoms with Gasteiger partial charge in [0.15, 0.2) is 0 Å². The second kappa shape index (κ2) is 7.81.